The lowest BCUT2D eigenvalue weighted by Gasteiger charge is -2.41. The van der Waals surface area contributed by atoms with Crippen molar-refractivity contribution in [2.45, 2.75) is 24.3 Å². The molecule has 1 aromatic heterocycles. The van der Waals surface area contributed by atoms with Gasteiger partial charge in [-0.2, -0.15) is 5.10 Å². The summed E-state index contributed by atoms with van der Waals surface area (Å²) >= 11 is 0. The molecule has 5 heteroatoms. The van der Waals surface area contributed by atoms with Gasteiger partial charge in [-0.15, -0.1) is 0 Å². The Morgan fingerprint density at radius 2 is 2.46 bits per heavy atom. The van der Waals surface area contributed by atoms with Crippen LogP contribution in [0.4, 0.5) is 0 Å². The largest absolute Gasteiger partial charge is 0.481 e. The number of aromatic amines is 1. The van der Waals surface area contributed by atoms with E-state index in [0.29, 0.717) is 12.8 Å². The van der Waals surface area contributed by atoms with Crippen molar-refractivity contribution in [3.8, 4) is 0 Å². The van der Waals surface area contributed by atoms with E-state index in [-0.39, 0.29) is 6.04 Å². The molecule has 1 fully saturated rings. The third kappa shape index (κ3) is 1.04. The summed E-state index contributed by atoms with van der Waals surface area (Å²) in [4.78, 5) is 11.1. The average Bonchev–Trinajstić information content (AvgIpc) is 2.49. The Kier molecular flexibility index (Phi) is 1.63. The molecule has 0 radical (unpaired) electrons. The number of nitrogens with two attached hydrogens (primary N) is 1. The van der Waals surface area contributed by atoms with Gasteiger partial charge in [-0.3, -0.25) is 9.89 Å². The Morgan fingerprint density at radius 1 is 1.77 bits per heavy atom. The highest BCUT2D eigenvalue weighted by Crippen LogP contribution is 2.42. The molecule has 0 atom stereocenters. The highest BCUT2D eigenvalue weighted by atomic mass is 16.4. The first-order valence-electron chi connectivity index (χ1n) is 4.13. The number of hydrogen-bond donors (Lipinski definition) is 3. The summed E-state index contributed by atoms with van der Waals surface area (Å²) in [6.07, 6.45) is 4.18. The molecule has 0 saturated heterocycles. The summed E-state index contributed by atoms with van der Waals surface area (Å²) in [5.74, 6) is -0.810. The zero-order valence-corrected chi connectivity index (χ0v) is 7.03. The minimum atomic E-state index is -0.810. The van der Waals surface area contributed by atoms with E-state index in [0.717, 1.165) is 5.56 Å². The summed E-state index contributed by atoms with van der Waals surface area (Å²) in [7, 11) is 0. The summed E-state index contributed by atoms with van der Waals surface area (Å²) in [5, 5.41) is 15.4. The number of nitrogens with one attached hydrogen (secondary N) is 1. The molecule has 1 aliphatic rings. The van der Waals surface area contributed by atoms with Crippen LogP contribution in [-0.4, -0.2) is 27.3 Å². The van der Waals surface area contributed by atoms with Gasteiger partial charge in [0.2, 0.25) is 0 Å². The van der Waals surface area contributed by atoms with E-state index in [4.69, 9.17) is 10.8 Å². The van der Waals surface area contributed by atoms with Gasteiger partial charge < -0.3 is 10.8 Å². The maximum atomic E-state index is 11.1. The van der Waals surface area contributed by atoms with E-state index in [1.807, 2.05) is 0 Å². The van der Waals surface area contributed by atoms with Crippen molar-refractivity contribution in [1.29, 1.82) is 0 Å². The number of rotatable bonds is 2. The zero-order valence-electron chi connectivity index (χ0n) is 7.03. The van der Waals surface area contributed by atoms with Gasteiger partial charge in [-0.05, 0) is 12.8 Å². The van der Waals surface area contributed by atoms with Crippen LogP contribution in [-0.2, 0) is 10.2 Å². The van der Waals surface area contributed by atoms with Gasteiger partial charge in [0.15, 0.2) is 0 Å². The van der Waals surface area contributed by atoms with Crippen LogP contribution in [0.1, 0.15) is 18.4 Å². The number of H-pyrrole nitrogens is 1. The van der Waals surface area contributed by atoms with Crippen molar-refractivity contribution in [3.63, 3.8) is 0 Å². The first-order valence-corrected chi connectivity index (χ1v) is 4.13. The Bertz CT molecular complexity index is 314. The van der Waals surface area contributed by atoms with E-state index in [1.54, 1.807) is 12.4 Å². The maximum absolute atomic E-state index is 11.1. The third-order valence-electron chi connectivity index (χ3n) is 2.68. The Balaban J connectivity index is 2.31. The van der Waals surface area contributed by atoms with E-state index < -0.39 is 11.4 Å². The molecular formula is C8H11N3O2. The topological polar surface area (TPSA) is 92.0 Å². The lowest BCUT2D eigenvalue weighted by Crippen LogP contribution is -2.53. The van der Waals surface area contributed by atoms with Gasteiger partial charge in [-0.1, -0.05) is 0 Å². The second-order valence-corrected chi connectivity index (χ2v) is 3.54. The molecule has 1 aromatic rings. The minimum absolute atomic E-state index is 0.00556. The van der Waals surface area contributed by atoms with Crippen molar-refractivity contribution in [2.75, 3.05) is 0 Å². The predicted molar refractivity (Wildman–Crippen MR) is 45.1 cm³/mol. The standard InChI is InChI=1S/C8H11N3O2/c9-6-1-8(2-6,7(12)13)5-3-10-11-4-5/h3-4,6H,1-2,9H2,(H,10,11)(H,12,13). The fraction of sp³-hybridized carbons (Fsp3) is 0.500. The van der Waals surface area contributed by atoms with Crippen molar-refractivity contribution in [2.24, 2.45) is 5.73 Å². The van der Waals surface area contributed by atoms with Gasteiger partial charge in [0.1, 0.15) is 0 Å². The summed E-state index contributed by atoms with van der Waals surface area (Å²) in [6, 6.07) is 0.00556. The molecule has 0 aliphatic heterocycles. The van der Waals surface area contributed by atoms with Crippen LogP contribution in [0.5, 0.6) is 0 Å². The summed E-state index contributed by atoms with van der Waals surface area (Å²) < 4.78 is 0. The highest BCUT2D eigenvalue weighted by molar-refractivity contribution is 5.82. The predicted octanol–water partition coefficient (Wildman–Crippen LogP) is -0.147. The molecule has 70 valence electrons. The van der Waals surface area contributed by atoms with E-state index in [2.05, 4.69) is 10.2 Å². The smallest absolute Gasteiger partial charge is 0.314 e. The van der Waals surface area contributed by atoms with Gasteiger partial charge in [0, 0.05) is 17.8 Å². The molecule has 1 saturated carbocycles. The number of nitrogens with zero attached hydrogens (tertiary/aromatic N) is 1. The Morgan fingerprint density at radius 3 is 2.85 bits per heavy atom. The van der Waals surface area contributed by atoms with Crippen molar-refractivity contribution < 1.29 is 9.90 Å². The molecule has 0 bridgehead atoms. The maximum Gasteiger partial charge on any atom is 0.314 e. The normalized spacial score (nSPS) is 32.5. The van der Waals surface area contributed by atoms with E-state index in [1.165, 1.54) is 0 Å². The zero-order chi connectivity index (χ0) is 9.47. The molecule has 5 nitrogen and oxygen atoms in total. The van der Waals surface area contributed by atoms with Crippen LogP contribution in [0, 0.1) is 0 Å². The van der Waals surface area contributed by atoms with Gasteiger partial charge in [-0.25, -0.2) is 0 Å². The number of carbonyl (C=O) groups is 1. The number of carboxylic acids is 1. The minimum Gasteiger partial charge on any atom is -0.481 e. The monoisotopic (exact) mass is 181 g/mol. The quantitative estimate of drug-likeness (QED) is 0.591. The molecule has 1 aliphatic carbocycles. The third-order valence-corrected chi connectivity index (χ3v) is 2.68. The first kappa shape index (κ1) is 8.25. The van der Waals surface area contributed by atoms with Crippen LogP contribution >= 0.6 is 0 Å². The number of carboxylic acid groups (broad SMARTS) is 1. The number of aliphatic carboxylic acids is 1. The van der Waals surface area contributed by atoms with Crippen LogP contribution in [0.3, 0.4) is 0 Å². The molecule has 2 rings (SSSR count). The molecule has 0 amide bonds. The van der Waals surface area contributed by atoms with Crippen molar-refractivity contribution >= 4 is 5.97 Å². The first-order chi connectivity index (χ1) is 6.15. The fourth-order valence-corrected chi connectivity index (χ4v) is 1.88. The lowest BCUT2D eigenvalue weighted by molar-refractivity contribution is -0.148. The lowest BCUT2D eigenvalue weighted by atomic mass is 9.62. The molecule has 0 aromatic carbocycles. The molecule has 13 heavy (non-hydrogen) atoms. The van der Waals surface area contributed by atoms with Gasteiger partial charge >= 0.3 is 5.97 Å². The van der Waals surface area contributed by atoms with E-state index in [9.17, 15) is 4.79 Å². The highest BCUT2D eigenvalue weighted by Gasteiger charge is 2.50. The fourth-order valence-electron chi connectivity index (χ4n) is 1.88. The molecule has 0 unspecified atom stereocenters. The SMILES string of the molecule is NC1CC(C(=O)O)(c2cn[nH]c2)C1. The van der Waals surface area contributed by atoms with Crippen molar-refractivity contribution in [3.05, 3.63) is 18.0 Å². The molecule has 4 N–H and O–H groups in total. The molecule has 0 spiro atoms. The summed E-state index contributed by atoms with van der Waals surface area (Å²) in [6.45, 7) is 0. The molecular weight excluding hydrogens is 170 g/mol. The van der Waals surface area contributed by atoms with Gasteiger partial charge in [0.25, 0.3) is 0 Å². The second kappa shape index (κ2) is 2.56. The van der Waals surface area contributed by atoms with Crippen LogP contribution in [0.15, 0.2) is 12.4 Å². The number of hydrogen-bond acceptors (Lipinski definition) is 3. The van der Waals surface area contributed by atoms with Gasteiger partial charge in [0.05, 0.1) is 11.6 Å². The van der Waals surface area contributed by atoms with Crippen LogP contribution in [0.25, 0.3) is 0 Å². The number of aromatic nitrogens is 2. The molecule has 1 heterocycles. The Hall–Kier alpha value is -1.36. The van der Waals surface area contributed by atoms with Crippen molar-refractivity contribution in [1.82, 2.24) is 10.2 Å². The summed E-state index contributed by atoms with van der Waals surface area (Å²) in [5.41, 5.74) is 5.54. The van der Waals surface area contributed by atoms with Crippen LogP contribution in [0.2, 0.25) is 0 Å². The Labute approximate surface area is 74.9 Å². The average molecular weight is 181 g/mol. The van der Waals surface area contributed by atoms with Crippen LogP contribution < -0.4 is 5.73 Å². The second-order valence-electron chi connectivity index (χ2n) is 3.54. The van der Waals surface area contributed by atoms with E-state index >= 15 is 0 Å².